The van der Waals surface area contributed by atoms with Crippen LogP contribution in [0.3, 0.4) is 0 Å². The Morgan fingerprint density at radius 3 is 2.84 bits per heavy atom. The summed E-state index contributed by atoms with van der Waals surface area (Å²) in [6.45, 7) is 2.69. The number of carbonyl (C=O) groups excluding carboxylic acids is 1. The molecule has 0 saturated carbocycles. The maximum atomic E-state index is 12.5. The number of rotatable bonds is 5. The van der Waals surface area contributed by atoms with Crippen molar-refractivity contribution in [2.24, 2.45) is 7.05 Å². The van der Waals surface area contributed by atoms with Gasteiger partial charge in [-0.1, -0.05) is 6.07 Å². The number of hydrogen-bond donors (Lipinski definition) is 1. The summed E-state index contributed by atoms with van der Waals surface area (Å²) in [4.78, 5) is 22.9. The van der Waals surface area contributed by atoms with Crippen LogP contribution in [-0.4, -0.2) is 39.1 Å². The normalized spacial score (nSPS) is 10.8. The van der Waals surface area contributed by atoms with Gasteiger partial charge in [-0.25, -0.2) is 9.78 Å². The van der Waals surface area contributed by atoms with E-state index in [1.165, 1.54) is 0 Å². The van der Waals surface area contributed by atoms with Crippen molar-refractivity contribution < 1.29 is 4.79 Å². The zero-order valence-electron chi connectivity index (χ0n) is 14.9. The van der Waals surface area contributed by atoms with E-state index in [1.54, 1.807) is 17.3 Å². The Balaban J connectivity index is 1.62. The molecule has 0 aliphatic heterocycles. The Bertz CT molecular complexity index is 886. The predicted molar refractivity (Wildman–Crippen MR) is 99.7 cm³/mol. The summed E-state index contributed by atoms with van der Waals surface area (Å²) in [6, 6.07) is 7.65. The van der Waals surface area contributed by atoms with Crippen LogP contribution >= 0.6 is 0 Å². The average molecular weight is 337 g/mol. The highest BCUT2D eigenvalue weighted by Gasteiger charge is 2.12. The summed E-state index contributed by atoms with van der Waals surface area (Å²) in [6.07, 6.45) is 7.21. The Hall–Kier alpha value is -2.89. The number of aryl methyl sites for hydroxylation is 3. The first kappa shape index (κ1) is 17.0. The van der Waals surface area contributed by atoms with Crippen LogP contribution in [0.4, 0.5) is 10.5 Å². The van der Waals surface area contributed by atoms with Crippen LogP contribution in [0.2, 0.25) is 0 Å². The van der Waals surface area contributed by atoms with Gasteiger partial charge in [0.15, 0.2) is 0 Å². The molecule has 0 bridgehead atoms. The van der Waals surface area contributed by atoms with E-state index in [-0.39, 0.29) is 6.03 Å². The smallest absolute Gasteiger partial charge is 0.321 e. The minimum Gasteiger partial charge on any atom is -0.338 e. The van der Waals surface area contributed by atoms with Crippen LogP contribution in [0.1, 0.15) is 17.8 Å². The summed E-state index contributed by atoms with van der Waals surface area (Å²) in [5.41, 5.74) is 2.80. The van der Waals surface area contributed by atoms with Gasteiger partial charge in [0.2, 0.25) is 0 Å². The zero-order valence-corrected chi connectivity index (χ0v) is 14.9. The molecule has 0 saturated heterocycles. The molecule has 0 unspecified atom stereocenters. The molecule has 0 aliphatic rings. The van der Waals surface area contributed by atoms with Crippen LogP contribution in [0, 0.1) is 6.92 Å². The van der Waals surface area contributed by atoms with Crippen molar-refractivity contribution in [1.82, 2.24) is 19.4 Å². The van der Waals surface area contributed by atoms with E-state index in [0.29, 0.717) is 6.54 Å². The summed E-state index contributed by atoms with van der Waals surface area (Å²) < 4.78 is 2.01. The van der Waals surface area contributed by atoms with Crippen molar-refractivity contribution in [3.8, 4) is 0 Å². The molecule has 1 aromatic carbocycles. The lowest BCUT2D eigenvalue weighted by atomic mass is 10.1. The topological polar surface area (TPSA) is 63.1 Å². The lowest BCUT2D eigenvalue weighted by molar-refractivity contribution is 0.222. The lowest BCUT2D eigenvalue weighted by Crippen LogP contribution is -2.32. The second-order valence-corrected chi connectivity index (χ2v) is 6.24. The number of urea groups is 1. The van der Waals surface area contributed by atoms with Gasteiger partial charge in [0.25, 0.3) is 0 Å². The molecule has 0 spiro atoms. The quantitative estimate of drug-likeness (QED) is 0.776. The first-order valence-electron chi connectivity index (χ1n) is 8.39. The summed E-state index contributed by atoms with van der Waals surface area (Å²) in [5.74, 6) is 1.03. The molecule has 0 radical (unpaired) electrons. The third-order valence-electron chi connectivity index (χ3n) is 4.37. The lowest BCUT2D eigenvalue weighted by Gasteiger charge is -2.19. The molecule has 6 nitrogen and oxygen atoms in total. The maximum Gasteiger partial charge on any atom is 0.321 e. The second-order valence-electron chi connectivity index (χ2n) is 6.24. The third kappa shape index (κ3) is 3.79. The van der Waals surface area contributed by atoms with Gasteiger partial charge in [0.05, 0.1) is 11.2 Å². The van der Waals surface area contributed by atoms with Crippen LogP contribution in [0.25, 0.3) is 10.9 Å². The standard InChI is InChI=1S/C19H23N5O/c1-14-8-9-16(15-6-4-10-21-18(14)15)22-19(25)24(3)12-5-7-17-20-11-13-23(17)2/h4,6,8-11,13H,5,7,12H2,1-3H3,(H,22,25). The molecular weight excluding hydrogens is 314 g/mol. The fourth-order valence-electron chi connectivity index (χ4n) is 2.85. The van der Waals surface area contributed by atoms with Gasteiger partial charge in [-0.3, -0.25) is 4.98 Å². The molecule has 6 heteroatoms. The van der Waals surface area contributed by atoms with Gasteiger partial charge in [-0.05, 0) is 37.1 Å². The number of imidazole rings is 1. The fourth-order valence-corrected chi connectivity index (χ4v) is 2.85. The van der Waals surface area contributed by atoms with E-state index in [2.05, 4.69) is 15.3 Å². The number of benzene rings is 1. The van der Waals surface area contributed by atoms with Gasteiger partial charge in [0, 0.05) is 51.0 Å². The van der Waals surface area contributed by atoms with Crippen molar-refractivity contribution >= 4 is 22.6 Å². The number of amides is 2. The molecule has 2 amide bonds. The molecule has 130 valence electrons. The molecule has 0 atom stereocenters. The Morgan fingerprint density at radius 1 is 1.24 bits per heavy atom. The molecule has 0 fully saturated rings. The van der Waals surface area contributed by atoms with E-state index < -0.39 is 0 Å². The highest BCUT2D eigenvalue weighted by molar-refractivity contribution is 6.01. The van der Waals surface area contributed by atoms with Gasteiger partial charge >= 0.3 is 6.03 Å². The summed E-state index contributed by atoms with van der Waals surface area (Å²) >= 11 is 0. The molecule has 3 rings (SSSR count). The zero-order chi connectivity index (χ0) is 17.8. The molecular formula is C19H23N5O. The number of nitrogens with zero attached hydrogens (tertiary/aromatic N) is 4. The summed E-state index contributed by atoms with van der Waals surface area (Å²) in [7, 11) is 3.79. The van der Waals surface area contributed by atoms with E-state index in [4.69, 9.17) is 0 Å². The molecule has 3 aromatic rings. The average Bonchev–Trinajstić information content (AvgIpc) is 3.02. The van der Waals surface area contributed by atoms with Crippen LogP contribution < -0.4 is 5.32 Å². The highest BCUT2D eigenvalue weighted by atomic mass is 16.2. The van der Waals surface area contributed by atoms with Crippen molar-refractivity contribution in [2.75, 3.05) is 18.9 Å². The van der Waals surface area contributed by atoms with E-state index >= 15 is 0 Å². The number of fused-ring (bicyclic) bond motifs is 1. The van der Waals surface area contributed by atoms with Crippen molar-refractivity contribution in [1.29, 1.82) is 0 Å². The van der Waals surface area contributed by atoms with E-state index in [1.807, 2.05) is 56.0 Å². The molecule has 2 heterocycles. The minimum absolute atomic E-state index is 0.117. The van der Waals surface area contributed by atoms with Crippen molar-refractivity contribution in [3.05, 3.63) is 54.2 Å². The summed E-state index contributed by atoms with van der Waals surface area (Å²) in [5, 5.41) is 3.95. The van der Waals surface area contributed by atoms with Gasteiger partial charge in [0.1, 0.15) is 5.82 Å². The first-order valence-corrected chi connectivity index (χ1v) is 8.39. The van der Waals surface area contributed by atoms with Crippen molar-refractivity contribution in [3.63, 3.8) is 0 Å². The maximum absolute atomic E-state index is 12.5. The molecule has 2 aromatic heterocycles. The Labute approximate surface area is 147 Å². The fraction of sp³-hybridized carbons (Fsp3) is 0.316. The van der Waals surface area contributed by atoms with Gasteiger partial charge in [-0.15, -0.1) is 0 Å². The SMILES string of the molecule is Cc1ccc(NC(=O)N(C)CCCc2nccn2C)c2cccnc12. The predicted octanol–water partition coefficient (Wildman–Crippen LogP) is 3.37. The second kappa shape index (κ2) is 7.34. The minimum atomic E-state index is -0.117. The van der Waals surface area contributed by atoms with E-state index in [0.717, 1.165) is 40.8 Å². The van der Waals surface area contributed by atoms with Crippen LogP contribution in [0.15, 0.2) is 42.9 Å². The molecule has 0 aliphatic carbocycles. The number of aromatic nitrogens is 3. The van der Waals surface area contributed by atoms with Crippen molar-refractivity contribution in [2.45, 2.75) is 19.8 Å². The van der Waals surface area contributed by atoms with Crippen LogP contribution in [-0.2, 0) is 13.5 Å². The third-order valence-corrected chi connectivity index (χ3v) is 4.37. The number of pyridine rings is 1. The van der Waals surface area contributed by atoms with E-state index in [9.17, 15) is 4.79 Å². The Morgan fingerprint density at radius 2 is 2.08 bits per heavy atom. The largest absolute Gasteiger partial charge is 0.338 e. The number of carbonyl (C=O) groups is 1. The monoisotopic (exact) mass is 337 g/mol. The number of anilines is 1. The number of hydrogen-bond acceptors (Lipinski definition) is 3. The van der Waals surface area contributed by atoms with Crippen LogP contribution in [0.5, 0.6) is 0 Å². The molecule has 1 N–H and O–H groups in total. The molecule has 25 heavy (non-hydrogen) atoms. The first-order chi connectivity index (χ1) is 12.1. The highest BCUT2D eigenvalue weighted by Crippen LogP contribution is 2.24. The Kier molecular flexibility index (Phi) is 4.97. The van der Waals surface area contributed by atoms with Gasteiger partial charge in [-0.2, -0.15) is 0 Å². The number of nitrogens with one attached hydrogen (secondary N) is 1. The van der Waals surface area contributed by atoms with Gasteiger partial charge < -0.3 is 14.8 Å².